The molecule has 0 unspecified atom stereocenters. The molecule has 68 valence electrons. The van der Waals surface area contributed by atoms with Crippen LogP contribution in [0.25, 0.3) is 0 Å². The number of alkyl halides is 2. The number of hydrogen-bond donors (Lipinski definition) is 2. The van der Waals surface area contributed by atoms with Crippen LogP contribution in [0.15, 0.2) is 0 Å². The monoisotopic (exact) mass is 300 g/mol. The molecule has 0 fully saturated rings. The quantitative estimate of drug-likeness (QED) is 0.712. The van der Waals surface area contributed by atoms with Crippen LogP contribution in [-0.2, 0) is 9.59 Å². The van der Waals surface area contributed by atoms with Crippen LogP contribution in [0.4, 0.5) is 4.79 Å². The van der Waals surface area contributed by atoms with Gasteiger partial charge < -0.3 is 0 Å². The van der Waals surface area contributed by atoms with E-state index >= 15 is 0 Å². The maximum atomic E-state index is 10.7. The minimum atomic E-state index is -0.816. The zero-order valence-electron chi connectivity index (χ0n) is 5.89. The number of carbonyl (C=O) groups is 3. The van der Waals surface area contributed by atoms with Crippen LogP contribution in [0.2, 0.25) is 0 Å². The van der Waals surface area contributed by atoms with Gasteiger partial charge >= 0.3 is 6.03 Å². The van der Waals surface area contributed by atoms with Crippen LogP contribution < -0.4 is 10.6 Å². The highest BCUT2D eigenvalue weighted by Gasteiger charge is 2.08. The summed E-state index contributed by atoms with van der Waals surface area (Å²) in [6.45, 7) is 0. The predicted molar refractivity (Wildman–Crippen MR) is 49.3 cm³/mol. The fourth-order valence-electron chi connectivity index (χ4n) is 0.351. The van der Waals surface area contributed by atoms with Gasteiger partial charge in [-0.05, 0) is 0 Å². The number of urea groups is 1. The summed E-state index contributed by atoms with van der Waals surface area (Å²) in [5.41, 5.74) is 0. The molecule has 0 radical (unpaired) electrons. The zero-order chi connectivity index (χ0) is 9.56. The molecular weight excluding hydrogens is 296 g/mol. The van der Waals surface area contributed by atoms with Crippen molar-refractivity contribution in [1.29, 1.82) is 0 Å². The van der Waals surface area contributed by atoms with Crippen molar-refractivity contribution in [1.82, 2.24) is 10.6 Å². The van der Waals surface area contributed by atoms with E-state index in [1.807, 2.05) is 10.6 Å². The lowest BCUT2D eigenvalue weighted by atomic mass is 10.6. The van der Waals surface area contributed by atoms with Crippen LogP contribution in [0.5, 0.6) is 0 Å². The minimum Gasteiger partial charge on any atom is -0.277 e. The Hall–Kier alpha value is -0.430. The van der Waals surface area contributed by atoms with E-state index in [1.54, 1.807) is 0 Å². The predicted octanol–water partition coefficient (Wildman–Crippen LogP) is 0.129. The molecule has 0 atom stereocenters. The third kappa shape index (κ3) is 5.25. The van der Waals surface area contributed by atoms with E-state index in [2.05, 4.69) is 31.9 Å². The lowest BCUT2D eigenvalue weighted by molar-refractivity contribution is -0.117. The summed E-state index contributed by atoms with van der Waals surface area (Å²) in [4.78, 5) is 31.8. The minimum absolute atomic E-state index is 0.0168. The first-order valence-electron chi connectivity index (χ1n) is 2.85. The molecule has 0 aromatic rings. The topological polar surface area (TPSA) is 75.3 Å². The maximum Gasteiger partial charge on any atom is 0.328 e. The van der Waals surface area contributed by atoms with Crippen molar-refractivity contribution in [2.75, 3.05) is 10.7 Å². The summed E-state index contributed by atoms with van der Waals surface area (Å²) in [6, 6.07) is -0.816. The largest absolute Gasteiger partial charge is 0.328 e. The first-order valence-corrected chi connectivity index (χ1v) is 5.10. The van der Waals surface area contributed by atoms with E-state index in [0.717, 1.165) is 0 Å². The highest BCUT2D eigenvalue weighted by molar-refractivity contribution is 9.09. The number of amides is 4. The normalized spacial score (nSPS) is 8.83. The van der Waals surface area contributed by atoms with Gasteiger partial charge in [0.25, 0.3) is 0 Å². The van der Waals surface area contributed by atoms with Crippen molar-refractivity contribution in [3.05, 3.63) is 0 Å². The van der Waals surface area contributed by atoms with Gasteiger partial charge in [-0.25, -0.2) is 4.79 Å². The molecule has 0 aliphatic carbocycles. The van der Waals surface area contributed by atoms with Crippen molar-refractivity contribution in [3.63, 3.8) is 0 Å². The molecular formula is C5H6Br2N2O3. The van der Waals surface area contributed by atoms with Gasteiger partial charge in [-0.3, -0.25) is 20.2 Å². The van der Waals surface area contributed by atoms with Gasteiger partial charge in [0.1, 0.15) is 0 Å². The summed E-state index contributed by atoms with van der Waals surface area (Å²) >= 11 is 5.68. The first kappa shape index (κ1) is 11.6. The SMILES string of the molecule is O=C(CBr)NC(=O)NC(=O)CBr. The average Bonchev–Trinajstić information content (AvgIpc) is 2.03. The van der Waals surface area contributed by atoms with Crippen LogP contribution in [0.3, 0.4) is 0 Å². The lowest BCUT2D eigenvalue weighted by Crippen LogP contribution is -2.43. The molecule has 0 spiro atoms. The Morgan fingerprint density at radius 1 is 0.917 bits per heavy atom. The van der Waals surface area contributed by atoms with E-state index in [9.17, 15) is 14.4 Å². The molecule has 4 amide bonds. The van der Waals surface area contributed by atoms with E-state index in [-0.39, 0.29) is 10.7 Å². The standard InChI is InChI=1S/C5H6Br2N2O3/c6-1-3(10)8-5(12)9-4(11)2-7/h1-2H2,(H2,8,9,10,11,12). The third-order valence-electron chi connectivity index (χ3n) is 0.749. The van der Waals surface area contributed by atoms with E-state index < -0.39 is 17.8 Å². The highest BCUT2D eigenvalue weighted by atomic mass is 79.9. The first-order chi connectivity index (χ1) is 5.60. The average molecular weight is 302 g/mol. The van der Waals surface area contributed by atoms with Gasteiger partial charge in [-0.1, -0.05) is 31.9 Å². The second-order valence-corrected chi connectivity index (χ2v) is 2.81. The third-order valence-corrected chi connectivity index (χ3v) is 1.77. The Labute approximate surface area is 85.5 Å². The molecule has 2 N–H and O–H groups in total. The maximum absolute atomic E-state index is 10.7. The van der Waals surface area contributed by atoms with E-state index in [0.29, 0.717) is 0 Å². The molecule has 0 rings (SSSR count). The zero-order valence-corrected chi connectivity index (χ0v) is 9.07. The fourth-order valence-corrected chi connectivity index (χ4v) is 0.632. The Morgan fingerprint density at radius 2 is 1.25 bits per heavy atom. The molecule has 12 heavy (non-hydrogen) atoms. The number of hydrogen-bond acceptors (Lipinski definition) is 3. The molecule has 0 aliphatic heterocycles. The second kappa shape index (κ2) is 6.13. The summed E-state index contributed by atoms with van der Waals surface area (Å²) in [6.07, 6.45) is 0. The molecule has 0 aliphatic rings. The Kier molecular flexibility index (Phi) is 5.91. The molecule has 0 heterocycles. The smallest absolute Gasteiger partial charge is 0.277 e. The number of nitrogens with one attached hydrogen (secondary N) is 2. The number of rotatable bonds is 2. The number of imide groups is 2. The van der Waals surface area contributed by atoms with Crippen LogP contribution in [0, 0.1) is 0 Å². The van der Waals surface area contributed by atoms with Gasteiger partial charge in [0.2, 0.25) is 11.8 Å². The van der Waals surface area contributed by atoms with Gasteiger partial charge in [0.15, 0.2) is 0 Å². The van der Waals surface area contributed by atoms with Gasteiger partial charge in [-0.2, -0.15) is 0 Å². The van der Waals surface area contributed by atoms with Crippen LogP contribution in [-0.4, -0.2) is 28.5 Å². The van der Waals surface area contributed by atoms with Gasteiger partial charge in [0, 0.05) is 0 Å². The molecule has 5 nitrogen and oxygen atoms in total. The molecule has 0 saturated carbocycles. The lowest BCUT2D eigenvalue weighted by Gasteiger charge is -2.01. The van der Waals surface area contributed by atoms with Crippen molar-refractivity contribution >= 4 is 49.7 Å². The number of halogens is 2. The molecule has 0 bridgehead atoms. The summed E-state index contributed by atoms with van der Waals surface area (Å²) < 4.78 is 0. The van der Waals surface area contributed by atoms with Gasteiger partial charge in [-0.15, -0.1) is 0 Å². The molecule has 0 saturated heterocycles. The fraction of sp³-hybridized carbons (Fsp3) is 0.400. The van der Waals surface area contributed by atoms with Crippen molar-refractivity contribution in [2.45, 2.75) is 0 Å². The Morgan fingerprint density at radius 3 is 1.50 bits per heavy atom. The molecule has 0 aromatic heterocycles. The van der Waals surface area contributed by atoms with E-state index in [1.165, 1.54) is 0 Å². The van der Waals surface area contributed by atoms with E-state index in [4.69, 9.17) is 0 Å². The summed E-state index contributed by atoms with van der Waals surface area (Å²) in [5, 5.41) is 3.87. The summed E-state index contributed by atoms with van der Waals surface area (Å²) in [5.74, 6) is -1.01. The van der Waals surface area contributed by atoms with Crippen molar-refractivity contribution in [3.8, 4) is 0 Å². The molecule has 0 aromatic carbocycles. The highest BCUT2D eigenvalue weighted by Crippen LogP contribution is 1.80. The van der Waals surface area contributed by atoms with Crippen molar-refractivity contribution < 1.29 is 14.4 Å². The molecule has 7 heteroatoms. The summed E-state index contributed by atoms with van der Waals surface area (Å²) in [7, 11) is 0. The Balaban J connectivity index is 3.74. The Bertz CT molecular complexity index is 187. The van der Waals surface area contributed by atoms with Crippen LogP contribution in [0.1, 0.15) is 0 Å². The van der Waals surface area contributed by atoms with Gasteiger partial charge in [0.05, 0.1) is 10.7 Å². The van der Waals surface area contributed by atoms with Crippen molar-refractivity contribution in [2.24, 2.45) is 0 Å². The van der Waals surface area contributed by atoms with Crippen LogP contribution >= 0.6 is 31.9 Å². The second-order valence-electron chi connectivity index (χ2n) is 1.69. The number of carbonyl (C=O) groups excluding carboxylic acids is 3.